The fourth-order valence-electron chi connectivity index (χ4n) is 4.28. The van der Waals surface area contributed by atoms with E-state index < -0.39 is 59.0 Å². The zero-order valence-corrected chi connectivity index (χ0v) is 33.9. The molecule has 0 aliphatic carbocycles. The number of anilines is 1. The molecule has 2 heterocycles. The van der Waals surface area contributed by atoms with Gasteiger partial charge in [-0.15, -0.1) is 0 Å². The summed E-state index contributed by atoms with van der Waals surface area (Å²) in [5, 5.41) is 16.2. The Hall–Kier alpha value is -2.34. The quantitative estimate of drug-likeness (QED) is 0.0613. The summed E-state index contributed by atoms with van der Waals surface area (Å²) >= 11 is 0. The number of rotatable bonds is 11. The largest absolute Gasteiger partial charge is 1.00 e. The molecule has 0 saturated carbocycles. The SMILES string of the molecule is CCOC(=O)c1[nH]n(-c2ccc(S(=O)(=O)[O-])cc2)c(=O)c1CCC=C/C=C1\C(=O)N(c2ccc(S(=O)(=O)[O-])cc2)N=C1C(=O)C#CO.[K+].[K+]. The molecule has 2 aromatic carbocycles. The monoisotopic (exact) mass is 760 g/mol. The van der Waals surface area contributed by atoms with Crippen LogP contribution in [0.4, 0.5) is 5.69 Å². The van der Waals surface area contributed by atoms with Crippen LogP contribution in [0.1, 0.15) is 29.4 Å². The van der Waals surface area contributed by atoms with Gasteiger partial charge >= 0.3 is 109 Å². The van der Waals surface area contributed by atoms with Crippen LogP contribution in [-0.2, 0) is 41.0 Å². The minimum absolute atomic E-state index is 0. The minimum atomic E-state index is -4.76. The van der Waals surface area contributed by atoms with Gasteiger partial charge in [-0.25, -0.2) is 26.3 Å². The van der Waals surface area contributed by atoms with Crippen molar-refractivity contribution < 1.29 is 153 Å². The van der Waals surface area contributed by atoms with Crippen molar-refractivity contribution in [2.45, 2.75) is 29.6 Å². The van der Waals surface area contributed by atoms with Gasteiger partial charge in [-0.05, 0) is 74.4 Å². The first-order chi connectivity index (χ1) is 22.2. The third kappa shape index (κ3) is 10.4. The summed E-state index contributed by atoms with van der Waals surface area (Å²) in [6.45, 7) is 1.57. The number of amides is 1. The number of Topliss-reactive ketones (excluding diaryl/α,β-unsaturated/α-hetero) is 1. The Morgan fingerprint density at radius 1 is 0.959 bits per heavy atom. The maximum absolute atomic E-state index is 13.2. The number of aromatic amines is 1. The Morgan fingerprint density at radius 3 is 2.02 bits per heavy atom. The molecule has 0 unspecified atom stereocenters. The summed E-state index contributed by atoms with van der Waals surface area (Å²) < 4.78 is 73.5. The van der Waals surface area contributed by atoms with E-state index in [0.717, 1.165) is 46.1 Å². The fraction of sp³-hybridized carbons (Fsp3) is 0.138. The van der Waals surface area contributed by atoms with Crippen LogP contribution >= 0.6 is 0 Å². The van der Waals surface area contributed by atoms with Gasteiger partial charge in [-0.1, -0.05) is 12.2 Å². The topological polar surface area (TPSA) is 248 Å². The molecule has 3 aromatic rings. The first kappa shape index (κ1) is 42.8. The number of aliphatic hydroxyl groups is 1. The van der Waals surface area contributed by atoms with Crippen LogP contribution in [0.25, 0.3) is 5.69 Å². The summed E-state index contributed by atoms with van der Waals surface area (Å²) in [7, 11) is -9.49. The van der Waals surface area contributed by atoms with Crippen LogP contribution in [0.3, 0.4) is 0 Å². The molecule has 0 fully saturated rings. The van der Waals surface area contributed by atoms with E-state index in [4.69, 9.17) is 9.84 Å². The summed E-state index contributed by atoms with van der Waals surface area (Å²) in [5.41, 5.74) is -1.32. The summed E-state index contributed by atoms with van der Waals surface area (Å²) in [6.07, 6.45) is 5.64. The Bertz CT molecular complexity index is 2190. The molecular weight excluding hydrogens is 739 g/mol. The molecule has 16 nitrogen and oxygen atoms in total. The minimum Gasteiger partial charge on any atom is -0.744 e. The van der Waals surface area contributed by atoms with Gasteiger partial charge in [-0.3, -0.25) is 19.5 Å². The van der Waals surface area contributed by atoms with E-state index in [9.17, 15) is 45.1 Å². The third-order valence-electron chi connectivity index (χ3n) is 6.44. The molecule has 4 rings (SSSR count). The smallest absolute Gasteiger partial charge is 0.744 e. The molecule has 0 bridgehead atoms. The second-order valence-electron chi connectivity index (χ2n) is 9.40. The first-order valence-corrected chi connectivity index (χ1v) is 16.1. The van der Waals surface area contributed by atoms with Gasteiger partial charge in [0.1, 0.15) is 32.0 Å². The van der Waals surface area contributed by atoms with E-state index in [2.05, 4.69) is 10.2 Å². The van der Waals surface area contributed by atoms with Crippen molar-refractivity contribution >= 4 is 49.3 Å². The number of H-pyrrole nitrogens is 1. The number of benzene rings is 2. The molecule has 2 N–H and O–H groups in total. The number of allylic oxidation sites excluding steroid dienone is 3. The molecule has 49 heavy (non-hydrogen) atoms. The van der Waals surface area contributed by atoms with E-state index in [-0.39, 0.29) is 150 Å². The van der Waals surface area contributed by atoms with Crippen molar-refractivity contribution in [1.29, 1.82) is 0 Å². The van der Waals surface area contributed by atoms with Crippen molar-refractivity contribution in [3.8, 4) is 17.7 Å². The predicted octanol–water partition coefficient (Wildman–Crippen LogP) is -5.12. The zero-order valence-electron chi connectivity index (χ0n) is 26.1. The van der Waals surface area contributed by atoms with Gasteiger partial charge in [0.15, 0.2) is 5.71 Å². The molecule has 0 atom stereocenters. The number of hydrazone groups is 1. The average Bonchev–Trinajstić information content (AvgIpc) is 3.52. The Labute approximate surface area is 364 Å². The second kappa shape index (κ2) is 18.2. The Kier molecular flexibility index (Phi) is 15.9. The number of carbonyl (C=O) groups excluding carboxylic acids is 3. The normalized spacial score (nSPS) is 13.7. The van der Waals surface area contributed by atoms with Gasteiger partial charge in [0.05, 0.1) is 38.9 Å². The number of carbonyl (C=O) groups is 3. The molecule has 0 spiro atoms. The number of nitrogens with zero attached hydrogens (tertiary/aromatic N) is 3. The van der Waals surface area contributed by atoms with Gasteiger partial charge < -0.3 is 18.9 Å². The van der Waals surface area contributed by atoms with E-state index in [1.807, 2.05) is 5.92 Å². The molecule has 1 aliphatic heterocycles. The zero-order chi connectivity index (χ0) is 34.5. The van der Waals surface area contributed by atoms with Crippen LogP contribution < -0.4 is 113 Å². The Balaban J connectivity index is 0.00000417. The number of hydrogen-bond donors (Lipinski definition) is 2. The molecule has 0 saturated heterocycles. The number of ketones is 1. The van der Waals surface area contributed by atoms with Gasteiger partial charge in [0, 0.05) is 5.92 Å². The maximum Gasteiger partial charge on any atom is 1.00 e. The summed E-state index contributed by atoms with van der Waals surface area (Å²) in [5.74, 6) is -0.786. The predicted molar refractivity (Wildman–Crippen MR) is 160 cm³/mol. The number of aliphatic hydroxyl groups excluding tert-OH is 1. The standard InChI is InChI=1S/C29H24N4O12S2.2K/c1-2-45-29(38)26-23(28(37)33(31-26)19-10-14-21(15-11-19)47(42,43)44)7-5-3-4-6-22-25(24(35)16-17-34)30-32(27(22)36)18-8-12-20(13-9-18)46(39,40)41;;/h3-4,6,8-15,31,34H,2,5,7H2,1H3,(H,39,40,41)(H,42,43,44);;/q;2*+1/p-2/b4-3?,22-6-;;. The van der Waals surface area contributed by atoms with Crippen LogP contribution in [0.15, 0.2) is 92.0 Å². The fourth-order valence-corrected chi connectivity index (χ4v) is 5.22. The number of hydrogen-bond acceptors (Lipinski definition) is 13. The van der Waals surface area contributed by atoms with Crippen molar-refractivity contribution in [3.63, 3.8) is 0 Å². The van der Waals surface area contributed by atoms with Crippen molar-refractivity contribution in [3.05, 3.63) is 93.9 Å². The number of aromatic nitrogens is 2. The molecule has 1 amide bonds. The van der Waals surface area contributed by atoms with Crippen LogP contribution in [0.2, 0.25) is 0 Å². The number of esters is 1. The van der Waals surface area contributed by atoms with Gasteiger partial charge in [0.2, 0.25) is 0 Å². The summed E-state index contributed by atoms with van der Waals surface area (Å²) in [4.78, 5) is 50.4. The van der Waals surface area contributed by atoms with E-state index >= 15 is 0 Å². The first-order valence-electron chi connectivity index (χ1n) is 13.3. The van der Waals surface area contributed by atoms with Gasteiger partial charge in [0.25, 0.3) is 17.2 Å². The number of ether oxygens (including phenoxy) is 1. The molecule has 0 radical (unpaired) electrons. The van der Waals surface area contributed by atoms with E-state index in [1.165, 1.54) is 36.5 Å². The van der Waals surface area contributed by atoms with Crippen molar-refractivity contribution in [1.82, 2.24) is 9.78 Å². The van der Waals surface area contributed by atoms with Crippen LogP contribution in [0.5, 0.6) is 0 Å². The molecular formula is C29H22K2N4O12S2. The average molecular weight is 761 g/mol. The van der Waals surface area contributed by atoms with E-state index in [1.54, 1.807) is 6.92 Å². The second-order valence-corrected chi connectivity index (χ2v) is 12.2. The molecule has 20 heteroatoms. The van der Waals surface area contributed by atoms with E-state index in [0.29, 0.717) is 0 Å². The molecule has 1 aromatic heterocycles. The van der Waals surface area contributed by atoms with Crippen LogP contribution in [-0.4, -0.2) is 70.8 Å². The number of nitrogens with one attached hydrogen (secondary N) is 1. The van der Waals surface area contributed by atoms with Crippen molar-refractivity contribution in [2.75, 3.05) is 11.6 Å². The Morgan fingerprint density at radius 2 is 1.51 bits per heavy atom. The molecule has 1 aliphatic rings. The third-order valence-corrected chi connectivity index (χ3v) is 8.14. The van der Waals surface area contributed by atoms with Crippen LogP contribution in [0, 0.1) is 12.0 Å². The van der Waals surface area contributed by atoms with Gasteiger partial charge in [-0.2, -0.15) is 10.1 Å². The maximum atomic E-state index is 13.2. The molecule has 244 valence electrons. The summed E-state index contributed by atoms with van der Waals surface area (Å²) in [6, 6.07) is 8.62. The van der Waals surface area contributed by atoms with Crippen molar-refractivity contribution in [2.24, 2.45) is 5.10 Å².